The molecular formula is C19H27N6O10-. The monoisotopic (exact) mass is 499 g/mol. The Hall–Kier alpha value is -3.15. The Kier molecular flexibility index (Phi) is 8.36. The largest absolute Gasteiger partial charge is 0.548 e. The van der Waals surface area contributed by atoms with E-state index in [0.29, 0.717) is 0 Å². The van der Waals surface area contributed by atoms with E-state index in [-0.39, 0.29) is 36.6 Å². The number of nitrogens with two attached hydrogens (primary N) is 1. The second kappa shape index (κ2) is 11.1. The lowest BCUT2D eigenvalue weighted by Crippen LogP contribution is -2.57. The van der Waals surface area contributed by atoms with Gasteiger partial charge in [0, 0.05) is 6.42 Å². The number of aliphatic carboxylic acids is 1. The Bertz CT molecular complexity index is 1110. The van der Waals surface area contributed by atoms with Gasteiger partial charge in [-0.15, -0.1) is 0 Å². The Balaban J connectivity index is 1.51. The predicted molar refractivity (Wildman–Crippen MR) is 113 cm³/mol. The SMILES string of the molecule is C[C@@H]1O[C@H](OCCCC(=O)N[C@H](C(=O)[O-])[C@@H](O)Cn2cnc3c(=O)[nH]c(N)nc32)[C@@H](O)[C@H](O)[C@@H]1O. The first-order valence-electron chi connectivity index (χ1n) is 10.7. The molecule has 1 aliphatic rings. The standard InChI is InChI=1S/C19H28N6O10/c1-7-12(28)13(29)14(30)18(35-7)34-4-2-3-9(27)22-10(17(32)33)8(26)5-25-6-21-11-15(25)23-19(20)24-16(11)31/h6-8,10,12-14,18,26,28-30H,2-5H2,1H3,(H,22,27)(H,32,33)(H3,20,23,24,31)/p-1/t7-,8-,10-,12+,13+,14-,18-/m0/s1. The maximum atomic E-state index is 12.2. The van der Waals surface area contributed by atoms with Crippen LogP contribution in [0.4, 0.5) is 5.95 Å². The molecule has 2 aromatic heterocycles. The fourth-order valence-corrected chi connectivity index (χ4v) is 3.55. The minimum absolute atomic E-state index is 0.0185. The molecule has 0 bridgehead atoms. The maximum Gasteiger partial charge on any atom is 0.280 e. The highest BCUT2D eigenvalue weighted by Crippen LogP contribution is 2.21. The quantitative estimate of drug-likeness (QED) is 0.151. The van der Waals surface area contributed by atoms with Crippen LogP contribution < -0.4 is 21.7 Å². The number of hydrogen-bond donors (Lipinski definition) is 7. The van der Waals surface area contributed by atoms with E-state index in [1.165, 1.54) is 17.8 Å². The van der Waals surface area contributed by atoms with Crippen LogP contribution in [0, 0.1) is 0 Å². The van der Waals surface area contributed by atoms with E-state index in [9.17, 15) is 39.9 Å². The highest BCUT2D eigenvalue weighted by Gasteiger charge is 2.42. The molecule has 0 radical (unpaired) electrons. The second-order valence-corrected chi connectivity index (χ2v) is 8.11. The Labute approximate surface area is 197 Å². The van der Waals surface area contributed by atoms with Gasteiger partial charge < -0.3 is 55.4 Å². The number of aliphatic hydroxyl groups is 4. The molecule has 3 rings (SSSR count). The third-order valence-electron chi connectivity index (χ3n) is 5.47. The summed E-state index contributed by atoms with van der Waals surface area (Å²) in [5, 5.41) is 53.4. The predicted octanol–water partition coefficient (Wildman–Crippen LogP) is -5.08. The number of nitrogens with zero attached hydrogens (tertiary/aromatic N) is 3. The van der Waals surface area contributed by atoms with Crippen LogP contribution in [-0.2, 0) is 25.6 Å². The minimum atomic E-state index is -1.79. The highest BCUT2D eigenvalue weighted by molar-refractivity contribution is 5.83. The van der Waals surface area contributed by atoms with Crippen LogP contribution in [0.25, 0.3) is 11.2 Å². The molecule has 1 amide bonds. The number of nitrogens with one attached hydrogen (secondary N) is 2. The van der Waals surface area contributed by atoms with Gasteiger partial charge in [-0.1, -0.05) is 0 Å². The zero-order valence-corrected chi connectivity index (χ0v) is 18.6. The van der Waals surface area contributed by atoms with E-state index in [4.69, 9.17) is 15.2 Å². The number of H-pyrrole nitrogens is 1. The number of aliphatic hydroxyl groups excluding tert-OH is 4. The molecule has 1 aliphatic heterocycles. The number of aromatic nitrogens is 4. The van der Waals surface area contributed by atoms with Crippen LogP contribution in [-0.4, -0.2) is 101 Å². The number of aromatic amines is 1. The molecule has 1 saturated heterocycles. The molecule has 16 nitrogen and oxygen atoms in total. The van der Waals surface area contributed by atoms with Crippen molar-refractivity contribution in [3.05, 3.63) is 16.7 Å². The summed E-state index contributed by atoms with van der Waals surface area (Å²) in [6.07, 6.45) is -6.87. The number of fused-ring (bicyclic) bond motifs is 1. The maximum absolute atomic E-state index is 12.2. The molecule has 7 atom stereocenters. The number of nitrogen functional groups attached to an aromatic ring is 1. The summed E-state index contributed by atoms with van der Waals surface area (Å²) in [5.74, 6) is -2.67. The van der Waals surface area contributed by atoms with Gasteiger partial charge in [-0.3, -0.25) is 14.6 Å². The molecule has 3 heterocycles. The minimum Gasteiger partial charge on any atom is -0.548 e. The summed E-state index contributed by atoms with van der Waals surface area (Å²) < 4.78 is 11.8. The van der Waals surface area contributed by atoms with Crippen LogP contribution in [0.2, 0.25) is 0 Å². The number of carboxylic acids is 1. The molecule has 16 heteroatoms. The fourth-order valence-electron chi connectivity index (χ4n) is 3.55. The summed E-state index contributed by atoms with van der Waals surface area (Å²) in [6, 6.07) is -1.79. The molecular weight excluding hydrogens is 472 g/mol. The lowest BCUT2D eigenvalue weighted by atomic mass is 10.0. The summed E-state index contributed by atoms with van der Waals surface area (Å²) in [4.78, 5) is 45.6. The number of hydrogen-bond acceptors (Lipinski definition) is 13. The summed E-state index contributed by atoms with van der Waals surface area (Å²) in [6.45, 7) is 1.01. The van der Waals surface area contributed by atoms with Crippen molar-refractivity contribution >= 4 is 29.0 Å². The van der Waals surface area contributed by atoms with E-state index in [2.05, 4.69) is 20.3 Å². The van der Waals surface area contributed by atoms with Crippen molar-refractivity contribution in [3.8, 4) is 0 Å². The van der Waals surface area contributed by atoms with E-state index < -0.39 is 66.8 Å². The van der Waals surface area contributed by atoms with Crippen molar-refractivity contribution in [1.29, 1.82) is 0 Å². The van der Waals surface area contributed by atoms with Crippen LogP contribution in [0.15, 0.2) is 11.1 Å². The average Bonchev–Trinajstić information content (AvgIpc) is 3.19. The fraction of sp³-hybridized carbons (Fsp3) is 0.632. The third-order valence-corrected chi connectivity index (χ3v) is 5.47. The number of rotatable bonds is 10. The first-order valence-corrected chi connectivity index (χ1v) is 10.7. The van der Waals surface area contributed by atoms with Crippen LogP contribution in [0.1, 0.15) is 19.8 Å². The van der Waals surface area contributed by atoms with Crippen LogP contribution in [0.5, 0.6) is 0 Å². The first-order chi connectivity index (χ1) is 16.5. The lowest BCUT2D eigenvalue weighted by Gasteiger charge is -2.38. The normalized spacial score (nSPS) is 26.4. The molecule has 0 aliphatic carbocycles. The number of ether oxygens (including phenoxy) is 2. The van der Waals surface area contributed by atoms with Crippen molar-refractivity contribution in [2.75, 3.05) is 12.3 Å². The van der Waals surface area contributed by atoms with Gasteiger partial charge in [-0.25, -0.2) is 4.98 Å². The van der Waals surface area contributed by atoms with E-state index in [0.717, 1.165) is 0 Å². The van der Waals surface area contributed by atoms with Crippen molar-refractivity contribution in [3.63, 3.8) is 0 Å². The number of amides is 1. The number of imidazole rings is 1. The Morgan fingerprint density at radius 1 is 1.34 bits per heavy atom. The number of carboxylic acid groups (broad SMARTS) is 1. The Morgan fingerprint density at radius 3 is 2.74 bits per heavy atom. The van der Waals surface area contributed by atoms with Gasteiger partial charge in [0.25, 0.3) is 5.56 Å². The van der Waals surface area contributed by atoms with Crippen LogP contribution >= 0.6 is 0 Å². The van der Waals surface area contributed by atoms with Gasteiger partial charge in [-0.05, 0) is 13.3 Å². The van der Waals surface area contributed by atoms with E-state index >= 15 is 0 Å². The molecule has 0 spiro atoms. The van der Waals surface area contributed by atoms with E-state index in [1.54, 1.807) is 0 Å². The van der Waals surface area contributed by atoms with Crippen molar-refractivity contribution in [1.82, 2.24) is 24.8 Å². The molecule has 2 aromatic rings. The topological polar surface area (TPSA) is 258 Å². The third kappa shape index (κ3) is 6.11. The molecule has 1 fully saturated rings. The summed E-state index contributed by atoms with van der Waals surface area (Å²) in [5.41, 5.74) is 4.84. The lowest BCUT2D eigenvalue weighted by molar-refractivity contribution is -0.310. The van der Waals surface area contributed by atoms with Gasteiger partial charge in [0.1, 0.15) is 18.3 Å². The van der Waals surface area contributed by atoms with Crippen molar-refractivity contribution < 1.29 is 44.6 Å². The van der Waals surface area contributed by atoms with Gasteiger partial charge >= 0.3 is 0 Å². The average molecular weight is 499 g/mol. The van der Waals surface area contributed by atoms with Gasteiger partial charge in [0.2, 0.25) is 11.9 Å². The van der Waals surface area contributed by atoms with E-state index in [1.807, 2.05) is 0 Å². The van der Waals surface area contributed by atoms with Crippen molar-refractivity contribution in [2.45, 2.75) is 69.2 Å². The first kappa shape index (κ1) is 26.5. The molecule has 0 aromatic carbocycles. The van der Waals surface area contributed by atoms with Gasteiger partial charge in [0.15, 0.2) is 17.5 Å². The second-order valence-electron chi connectivity index (χ2n) is 8.11. The molecule has 194 valence electrons. The molecule has 0 saturated carbocycles. The zero-order valence-electron chi connectivity index (χ0n) is 18.6. The summed E-state index contributed by atoms with van der Waals surface area (Å²) >= 11 is 0. The summed E-state index contributed by atoms with van der Waals surface area (Å²) in [7, 11) is 0. The molecule has 8 N–H and O–H groups in total. The smallest absolute Gasteiger partial charge is 0.280 e. The van der Waals surface area contributed by atoms with Gasteiger partial charge in [-0.2, -0.15) is 4.98 Å². The number of carbonyl (C=O) groups is 2. The highest BCUT2D eigenvalue weighted by atomic mass is 16.7. The number of anilines is 1. The molecule has 0 unspecified atom stereocenters. The van der Waals surface area contributed by atoms with Gasteiger partial charge in [0.05, 0.1) is 43.7 Å². The van der Waals surface area contributed by atoms with Crippen molar-refractivity contribution in [2.24, 2.45) is 0 Å². The zero-order chi connectivity index (χ0) is 25.9. The van der Waals surface area contributed by atoms with Crippen LogP contribution in [0.3, 0.4) is 0 Å². The Morgan fingerprint density at radius 2 is 2.06 bits per heavy atom. The number of carbonyl (C=O) groups excluding carboxylic acids is 2. The molecule has 35 heavy (non-hydrogen) atoms.